The van der Waals surface area contributed by atoms with Crippen molar-refractivity contribution in [1.29, 1.82) is 0 Å². The second kappa shape index (κ2) is 4.41. The van der Waals surface area contributed by atoms with Gasteiger partial charge in [-0.25, -0.2) is 15.0 Å². The smallest absolute Gasteiger partial charge is 0.278 e. The van der Waals surface area contributed by atoms with Gasteiger partial charge in [0.05, 0.1) is 18.9 Å². The molecule has 0 saturated carbocycles. The first-order chi connectivity index (χ1) is 10.3. The van der Waals surface area contributed by atoms with Crippen molar-refractivity contribution in [3.05, 3.63) is 53.5 Å². The highest BCUT2D eigenvalue weighted by Gasteiger charge is 2.18. The van der Waals surface area contributed by atoms with Crippen molar-refractivity contribution >= 4 is 11.2 Å². The molecule has 0 atom stereocenters. The van der Waals surface area contributed by atoms with E-state index in [1.165, 1.54) is 12.6 Å². The summed E-state index contributed by atoms with van der Waals surface area (Å²) in [6, 6.07) is 6.99. The van der Waals surface area contributed by atoms with E-state index in [1.54, 1.807) is 30.5 Å². The Kier molecular flexibility index (Phi) is 2.43. The van der Waals surface area contributed by atoms with Gasteiger partial charge >= 0.3 is 0 Å². The van der Waals surface area contributed by atoms with Gasteiger partial charge in [0, 0.05) is 0 Å². The molecule has 4 heterocycles. The lowest BCUT2D eigenvalue weighted by Crippen LogP contribution is -2.10. The van der Waals surface area contributed by atoms with Crippen LogP contribution in [0.3, 0.4) is 0 Å². The van der Waals surface area contributed by atoms with Crippen molar-refractivity contribution in [2.45, 2.75) is 0 Å². The molecule has 0 aliphatic heterocycles. The first-order valence-corrected chi connectivity index (χ1v) is 6.16. The Morgan fingerprint density at radius 2 is 1.62 bits per heavy atom. The first kappa shape index (κ1) is 11.6. The van der Waals surface area contributed by atoms with Gasteiger partial charge < -0.3 is 13.8 Å². The van der Waals surface area contributed by atoms with E-state index >= 15 is 0 Å². The van der Waals surface area contributed by atoms with Crippen LogP contribution in [-0.4, -0.2) is 19.9 Å². The Morgan fingerprint density at radius 1 is 0.952 bits per heavy atom. The van der Waals surface area contributed by atoms with Crippen molar-refractivity contribution in [3.8, 4) is 22.9 Å². The van der Waals surface area contributed by atoms with Gasteiger partial charge in [0.2, 0.25) is 0 Å². The third kappa shape index (κ3) is 1.83. The Bertz CT molecular complexity index is 956. The molecule has 0 bridgehead atoms. The van der Waals surface area contributed by atoms with Crippen molar-refractivity contribution in [2.24, 2.45) is 0 Å². The van der Waals surface area contributed by atoms with Crippen molar-refractivity contribution in [2.75, 3.05) is 0 Å². The van der Waals surface area contributed by atoms with Crippen molar-refractivity contribution in [3.63, 3.8) is 0 Å². The summed E-state index contributed by atoms with van der Waals surface area (Å²) in [5.74, 6) is 1.02. The predicted octanol–water partition coefficient (Wildman–Crippen LogP) is 2.23. The number of nitrogens with one attached hydrogen (secondary N) is 1. The maximum Gasteiger partial charge on any atom is 0.278 e. The summed E-state index contributed by atoms with van der Waals surface area (Å²) >= 11 is 0. The highest BCUT2D eigenvalue weighted by molar-refractivity contribution is 5.80. The van der Waals surface area contributed by atoms with Gasteiger partial charge in [-0.15, -0.1) is 0 Å². The number of nitrogens with zero attached hydrogens (tertiary/aromatic N) is 3. The molecule has 4 rings (SSSR count). The lowest BCUT2D eigenvalue weighted by Gasteiger charge is -2.04. The molecule has 7 nitrogen and oxygen atoms in total. The topological polar surface area (TPSA) is 97.8 Å². The van der Waals surface area contributed by atoms with Crippen LogP contribution in [-0.2, 0) is 0 Å². The van der Waals surface area contributed by atoms with E-state index in [2.05, 4.69) is 19.9 Å². The van der Waals surface area contributed by atoms with E-state index in [4.69, 9.17) is 8.83 Å². The molecule has 7 heteroatoms. The van der Waals surface area contributed by atoms with Crippen LogP contribution in [0.4, 0.5) is 0 Å². The minimum Gasteiger partial charge on any atom is -0.463 e. The molecular formula is C14H8N4O3. The van der Waals surface area contributed by atoms with Crippen molar-refractivity contribution in [1.82, 2.24) is 19.9 Å². The molecule has 0 aromatic carbocycles. The summed E-state index contributed by atoms with van der Waals surface area (Å²) in [7, 11) is 0. The fraction of sp³-hybridized carbons (Fsp3) is 0. The van der Waals surface area contributed by atoms with Gasteiger partial charge in [-0.1, -0.05) is 0 Å². The zero-order chi connectivity index (χ0) is 14.2. The van der Waals surface area contributed by atoms with Crippen LogP contribution in [0.15, 0.2) is 56.7 Å². The Balaban J connectivity index is 2.11. The minimum absolute atomic E-state index is 0.152. The highest BCUT2D eigenvalue weighted by Crippen LogP contribution is 2.30. The molecule has 0 radical (unpaired) electrons. The lowest BCUT2D eigenvalue weighted by atomic mass is 10.2. The molecule has 0 aliphatic rings. The number of hydrogen-bond acceptors (Lipinski definition) is 6. The van der Waals surface area contributed by atoms with Gasteiger partial charge in [-0.3, -0.25) is 4.79 Å². The van der Waals surface area contributed by atoms with Gasteiger partial charge in [0.1, 0.15) is 11.4 Å². The summed E-state index contributed by atoms with van der Waals surface area (Å²) < 4.78 is 10.7. The summed E-state index contributed by atoms with van der Waals surface area (Å²) in [6.45, 7) is 0. The van der Waals surface area contributed by atoms with Crippen LogP contribution in [0.25, 0.3) is 34.1 Å². The summed E-state index contributed by atoms with van der Waals surface area (Å²) in [4.78, 5) is 27.1. The lowest BCUT2D eigenvalue weighted by molar-refractivity contribution is 0.572. The fourth-order valence-corrected chi connectivity index (χ4v) is 2.06. The third-order valence-corrected chi connectivity index (χ3v) is 2.98. The molecule has 4 aromatic rings. The standard InChI is InChI=1S/C14H8N4O3/c19-14-12-13(15-7-16-14)18-11(9-4-2-6-21-9)10(17-12)8-3-1-5-20-8/h1-7H,(H,15,16,18,19). The molecule has 0 spiro atoms. The van der Waals surface area contributed by atoms with Gasteiger partial charge in [-0.05, 0) is 24.3 Å². The van der Waals surface area contributed by atoms with E-state index in [9.17, 15) is 4.79 Å². The number of furan rings is 2. The number of aromatic amines is 1. The average Bonchev–Trinajstić information content (AvgIpc) is 3.20. The summed E-state index contributed by atoms with van der Waals surface area (Å²) in [5, 5.41) is 0. The SMILES string of the molecule is O=c1[nH]cnc2nc(-c3ccco3)c(-c3ccco3)nc12. The maximum atomic E-state index is 11.8. The molecule has 0 fully saturated rings. The summed E-state index contributed by atoms with van der Waals surface area (Å²) in [6.07, 6.45) is 4.36. The Hall–Kier alpha value is -3.22. The number of H-pyrrole nitrogens is 1. The Labute approximate surface area is 117 Å². The van der Waals surface area contributed by atoms with Crippen LogP contribution in [0.5, 0.6) is 0 Å². The van der Waals surface area contributed by atoms with E-state index in [-0.39, 0.29) is 16.7 Å². The van der Waals surface area contributed by atoms with Crippen molar-refractivity contribution < 1.29 is 8.83 Å². The molecule has 102 valence electrons. The second-order valence-corrected chi connectivity index (χ2v) is 4.28. The normalized spacial score (nSPS) is 11.0. The van der Waals surface area contributed by atoms with Crippen LogP contribution in [0, 0.1) is 0 Å². The van der Waals surface area contributed by atoms with E-state index in [0.717, 1.165) is 0 Å². The van der Waals surface area contributed by atoms with Crippen LogP contribution >= 0.6 is 0 Å². The summed E-state index contributed by atoms with van der Waals surface area (Å²) in [5.41, 5.74) is 0.951. The highest BCUT2D eigenvalue weighted by atomic mass is 16.3. The monoisotopic (exact) mass is 280 g/mol. The molecule has 0 unspecified atom stereocenters. The fourth-order valence-electron chi connectivity index (χ4n) is 2.06. The Morgan fingerprint density at radius 3 is 2.24 bits per heavy atom. The van der Waals surface area contributed by atoms with E-state index < -0.39 is 0 Å². The average molecular weight is 280 g/mol. The number of hydrogen-bond donors (Lipinski definition) is 1. The maximum absolute atomic E-state index is 11.8. The molecule has 21 heavy (non-hydrogen) atoms. The third-order valence-electron chi connectivity index (χ3n) is 2.98. The van der Waals surface area contributed by atoms with E-state index in [1.807, 2.05) is 0 Å². The number of rotatable bonds is 2. The zero-order valence-corrected chi connectivity index (χ0v) is 10.6. The number of aromatic nitrogens is 4. The quantitative estimate of drug-likeness (QED) is 0.604. The van der Waals surface area contributed by atoms with Crippen LogP contribution in [0.1, 0.15) is 0 Å². The van der Waals surface area contributed by atoms with Crippen LogP contribution in [0.2, 0.25) is 0 Å². The minimum atomic E-state index is -0.355. The second-order valence-electron chi connectivity index (χ2n) is 4.28. The molecule has 0 saturated heterocycles. The van der Waals surface area contributed by atoms with Gasteiger partial charge in [0.25, 0.3) is 5.56 Å². The van der Waals surface area contributed by atoms with E-state index in [0.29, 0.717) is 22.9 Å². The molecule has 4 aromatic heterocycles. The molecule has 0 amide bonds. The largest absolute Gasteiger partial charge is 0.463 e. The zero-order valence-electron chi connectivity index (χ0n) is 10.6. The molecule has 0 aliphatic carbocycles. The van der Waals surface area contributed by atoms with Gasteiger partial charge in [-0.2, -0.15) is 0 Å². The van der Waals surface area contributed by atoms with Gasteiger partial charge in [0.15, 0.2) is 22.7 Å². The number of fused-ring (bicyclic) bond motifs is 1. The predicted molar refractivity (Wildman–Crippen MR) is 73.4 cm³/mol. The molecule has 1 N–H and O–H groups in total. The molecular weight excluding hydrogens is 272 g/mol. The first-order valence-electron chi connectivity index (χ1n) is 6.16. The van der Waals surface area contributed by atoms with Crippen LogP contribution < -0.4 is 5.56 Å².